The van der Waals surface area contributed by atoms with Crippen molar-refractivity contribution in [2.75, 3.05) is 25.5 Å². The summed E-state index contributed by atoms with van der Waals surface area (Å²) in [4.78, 5) is 26.1. The van der Waals surface area contributed by atoms with Gasteiger partial charge < -0.3 is 30.1 Å². The molecule has 0 atom stereocenters. The van der Waals surface area contributed by atoms with Gasteiger partial charge >= 0.3 is 7.82 Å². The number of unbranched alkanes of at least 4 members (excludes halogenated alkanes) is 4. The zero-order chi connectivity index (χ0) is 22.6. The third-order valence-electron chi connectivity index (χ3n) is 4.49. The molecule has 2 rings (SSSR count). The number of benzene rings is 1. The van der Waals surface area contributed by atoms with Crippen LogP contribution < -0.4 is 15.4 Å². The monoisotopic (exact) mass is 441 g/mol. The molecule has 0 aliphatic heterocycles. The van der Waals surface area contributed by atoms with Gasteiger partial charge in [-0.2, -0.15) is 0 Å². The molecule has 1 aromatic carbocycles. The van der Waals surface area contributed by atoms with Crippen molar-refractivity contribution in [3.05, 3.63) is 30.0 Å². The standard InChI is InChI=1S/C21H33N3O.H3O4P/c1-16(2)22-11-8-6-5-7-9-12-23-20-15-18(25-4)14-19-17(3)10-13-24-21(19)20;1-5(2,3)4/h10,13-16,22-23H,5-9,11-12H2,1-4H3;(H3,1,2,3,4). The van der Waals surface area contributed by atoms with Crippen LogP contribution >= 0.6 is 7.82 Å². The van der Waals surface area contributed by atoms with Crippen LogP contribution in [-0.2, 0) is 4.57 Å². The number of phosphoric acid groups is 1. The molecule has 0 bridgehead atoms. The van der Waals surface area contributed by atoms with Gasteiger partial charge in [-0.3, -0.25) is 4.98 Å². The first-order chi connectivity index (χ1) is 14.1. The summed E-state index contributed by atoms with van der Waals surface area (Å²) in [7, 11) is -2.93. The predicted octanol–water partition coefficient (Wildman–Crippen LogP) is 3.98. The Balaban J connectivity index is 0.000000804. The third-order valence-corrected chi connectivity index (χ3v) is 4.49. The van der Waals surface area contributed by atoms with Crippen molar-refractivity contribution in [2.45, 2.75) is 58.9 Å². The zero-order valence-corrected chi connectivity index (χ0v) is 19.3. The van der Waals surface area contributed by atoms with Gasteiger partial charge in [-0.25, -0.2) is 4.57 Å². The number of methoxy groups -OCH3 is 1. The first-order valence-corrected chi connectivity index (χ1v) is 11.9. The number of nitrogens with one attached hydrogen (secondary N) is 2. The van der Waals surface area contributed by atoms with E-state index in [9.17, 15) is 0 Å². The van der Waals surface area contributed by atoms with E-state index in [1.54, 1.807) is 7.11 Å². The summed E-state index contributed by atoms with van der Waals surface area (Å²) in [5.74, 6) is 0.878. The van der Waals surface area contributed by atoms with Crippen LogP contribution in [0.4, 0.5) is 5.69 Å². The summed E-state index contributed by atoms with van der Waals surface area (Å²) >= 11 is 0. The fourth-order valence-corrected chi connectivity index (χ4v) is 3.01. The van der Waals surface area contributed by atoms with E-state index in [2.05, 4.69) is 42.5 Å². The molecule has 170 valence electrons. The van der Waals surface area contributed by atoms with Crippen LogP contribution in [0.25, 0.3) is 10.9 Å². The highest BCUT2D eigenvalue weighted by atomic mass is 31.2. The maximum absolute atomic E-state index is 8.88. The van der Waals surface area contributed by atoms with Crippen molar-refractivity contribution in [1.82, 2.24) is 10.3 Å². The average Bonchev–Trinajstić information content (AvgIpc) is 2.65. The fraction of sp³-hybridized carbons (Fsp3) is 0.571. The van der Waals surface area contributed by atoms with E-state index >= 15 is 0 Å². The highest BCUT2D eigenvalue weighted by Gasteiger charge is 2.07. The van der Waals surface area contributed by atoms with E-state index in [1.807, 2.05) is 18.3 Å². The smallest absolute Gasteiger partial charge is 0.466 e. The summed E-state index contributed by atoms with van der Waals surface area (Å²) in [5, 5.41) is 8.18. The van der Waals surface area contributed by atoms with Crippen molar-refractivity contribution in [3.63, 3.8) is 0 Å². The van der Waals surface area contributed by atoms with Gasteiger partial charge in [0.25, 0.3) is 0 Å². The molecule has 0 fully saturated rings. The summed E-state index contributed by atoms with van der Waals surface area (Å²) in [6.07, 6.45) is 8.21. The molecule has 30 heavy (non-hydrogen) atoms. The maximum Gasteiger partial charge on any atom is 0.466 e. The van der Waals surface area contributed by atoms with Crippen LogP contribution in [0.5, 0.6) is 5.75 Å². The van der Waals surface area contributed by atoms with Gasteiger partial charge in [-0.05, 0) is 44.0 Å². The molecular formula is C21H36N3O5P. The van der Waals surface area contributed by atoms with E-state index < -0.39 is 7.82 Å². The van der Waals surface area contributed by atoms with E-state index in [1.165, 1.54) is 37.7 Å². The molecular weight excluding hydrogens is 405 g/mol. The maximum atomic E-state index is 8.88. The van der Waals surface area contributed by atoms with Crippen molar-refractivity contribution < 1.29 is 24.0 Å². The van der Waals surface area contributed by atoms with Crippen molar-refractivity contribution in [2.24, 2.45) is 0 Å². The number of ether oxygens (including phenoxy) is 1. The van der Waals surface area contributed by atoms with Gasteiger partial charge in [-0.15, -0.1) is 0 Å². The first kappa shape index (κ1) is 26.3. The van der Waals surface area contributed by atoms with Gasteiger partial charge in [0.05, 0.1) is 18.3 Å². The Labute approximate surface area is 179 Å². The van der Waals surface area contributed by atoms with Gasteiger partial charge in [0, 0.05) is 30.2 Å². The molecule has 0 saturated heterocycles. The van der Waals surface area contributed by atoms with Gasteiger partial charge in [0.2, 0.25) is 0 Å². The summed E-state index contributed by atoms with van der Waals surface area (Å²) in [5.41, 5.74) is 3.32. The molecule has 0 aliphatic rings. The second kappa shape index (κ2) is 13.6. The average molecular weight is 442 g/mol. The highest BCUT2D eigenvalue weighted by Crippen LogP contribution is 2.29. The number of hydrogen-bond donors (Lipinski definition) is 5. The van der Waals surface area contributed by atoms with Crippen molar-refractivity contribution >= 4 is 24.4 Å². The SMILES string of the molecule is COc1cc(NCCCCCCCNC(C)C)c2nccc(C)c2c1.O=P(O)(O)O. The molecule has 0 unspecified atom stereocenters. The van der Waals surface area contributed by atoms with E-state index in [0.717, 1.165) is 35.4 Å². The minimum absolute atomic E-state index is 0.596. The lowest BCUT2D eigenvalue weighted by molar-refractivity contribution is 0.275. The van der Waals surface area contributed by atoms with E-state index in [-0.39, 0.29) is 0 Å². The molecule has 0 saturated carbocycles. The lowest BCUT2D eigenvalue weighted by atomic mass is 10.1. The highest BCUT2D eigenvalue weighted by molar-refractivity contribution is 7.45. The van der Waals surface area contributed by atoms with Crippen molar-refractivity contribution in [3.8, 4) is 5.75 Å². The Bertz CT molecular complexity index is 802. The number of rotatable bonds is 11. The molecule has 1 aromatic heterocycles. The Hall–Kier alpha value is -1.70. The molecule has 1 heterocycles. The number of hydrogen-bond acceptors (Lipinski definition) is 5. The number of aryl methyl sites for hydroxylation is 1. The van der Waals surface area contributed by atoms with Crippen LogP contribution in [0.15, 0.2) is 24.4 Å². The number of aromatic nitrogens is 1. The third kappa shape index (κ3) is 11.5. The summed E-state index contributed by atoms with van der Waals surface area (Å²) < 4.78 is 14.3. The lowest BCUT2D eigenvalue weighted by Gasteiger charge is -2.12. The molecule has 9 heteroatoms. The fourth-order valence-electron chi connectivity index (χ4n) is 3.01. The van der Waals surface area contributed by atoms with Crippen LogP contribution in [0.3, 0.4) is 0 Å². The second-order valence-corrected chi connectivity index (χ2v) is 8.54. The molecule has 0 spiro atoms. The zero-order valence-electron chi connectivity index (χ0n) is 18.4. The summed E-state index contributed by atoms with van der Waals surface area (Å²) in [6, 6.07) is 6.75. The van der Waals surface area contributed by atoms with Gasteiger partial charge in [0.15, 0.2) is 0 Å². The minimum atomic E-state index is -4.64. The van der Waals surface area contributed by atoms with Crippen LogP contribution in [0, 0.1) is 6.92 Å². The molecule has 0 amide bonds. The van der Waals surface area contributed by atoms with E-state index in [4.69, 9.17) is 24.0 Å². The molecule has 5 N–H and O–H groups in total. The largest absolute Gasteiger partial charge is 0.497 e. The van der Waals surface area contributed by atoms with Crippen LogP contribution in [0.1, 0.15) is 51.5 Å². The first-order valence-electron chi connectivity index (χ1n) is 10.3. The Morgan fingerprint density at radius 3 is 2.27 bits per heavy atom. The normalized spacial score (nSPS) is 11.3. The summed E-state index contributed by atoms with van der Waals surface area (Å²) in [6.45, 7) is 8.62. The Morgan fingerprint density at radius 1 is 1.07 bits per heavy atom. The molecule has 2 aromatic rings. The predicted molar refractivity (Wildman–Crippen MR) is 122 cm³/mol. The lowest BCUT2D eigenvalue weighted by Crippen LogP contribution is -2.23. The number of fused-ring (bicyclic) bond motifs is 1. The Kier molecular flexibility index (Phi) is 11.9. The van der Waals surface area contributed by atoms with Crippen LogP contribution in [0.2, 0.25) is 0 Å². The molecule has 0 aliphatic carbocycles. The number of anilines is 1. The molecule has 0 radical (unpaired) electrons. The number of pyridine rings is 1. The van der Waals surface area contributed by atoms with Gasteiger partial charge in [0.1, 0.15) is 5.75 Å². The Morgan fingerprint density at radius 2 is 1.67 bits per heavy atom. The minimum Gasteiger partial charge on any atom is -0.497 e. The number of nitrogens with zero attached hydrogens (tertiary/aromatic N) is 1. The quantitative estimate of drug-likeness (QED) is 0.262. The van der Waals surface area contributed by atoms with Crippen LogP contribution in [-0.4, -0.2) is 45.9 Å². The van der Waals surface area contributed by atoms with Gasteiger partial charge in [-0.1, -0.05) is 33.1 Å². The van der Waals surface area contributed by atoms with E-state index in [0.29, 0.717) is 6.04 Å². The van der Waals surface area contributed by atoms with Crippen molar-refractivity contribution in [1.29, 1.82) is 0 Å². The topological polar surface area (TPSA) is 124 Å². The second-order valence-electron chi connectivity index (χ2n) is 7.52. The molecule has 8 nitrogen and oxygen atoms in total.